The second kappa shape index (κ2) is 10.7. The van der Waals surface area contributed by atoms with Crippen molar-refractivity contribution in [2.24, 2.45) is 23.3 Å². The van der Waals surface area contributed by atoms with E-state index in [0.717, 1.165) is 0 Å². The molecular formula is C16H30N4O5. The zero-order valence-electron chi connectivity index (χ0n) is 15.2. The van der Waals surface area contributed by atoms with E-state index in [9.17, 15) is 24.3 Å². The molecule has 0 aliphatic carbocycles. The number of hydrogen-bond donors (Lipinski definition) is 5. The number of carboxylic acids is 1. The summed E-state index contributed by atoms with van der Waals surface area (Å²) in [5, 5.41) is 14.1. The van der Waals surface area contributed by atoms with Crippen LogP contribution in [0.3, 0.4) is 0 Å². The van der Waals surface area contributed by atoms with Crippen molar-refractivity contribution in [2.75, 3.05) is 0 Å². The molecule has 0 aromatic carbocycles. The highest BCUT2D eigenvalue weighted by molar-refractivity contribution is 5.92. The summed E-state index contributed by atoms with van der Waals surface area (Å²) in [5.74, 6) is -3.37. The summed E-state index contributed by atoms with van der Waals surface area (Å²) in [6.45, 7) is 7.19. The van der Waals surface area contributed by atoms with E-state index in [1.807, 2.05) is 6.92 Å². The lowest BCUT2D eigenvalue weighted by molar-refractivity contribution is -0.142. The normalized spacial score (nSPS) is 15.8. The van der Waals surface area contributed by atoms with Gasteiger partial charge in [-0.2, -0.15) is 0 Å². The first-order chi connectivity index (χ1) is 11.5. The first kappa shape index (κ1) is 22.8. The Morgan fingerprint density at radius 3 is 2.00 bits per heavy atom. The van der Waals surface area contributed by atoms with E-state index in [1.165, 1.54) is 0 Å². The zero-order chi connectivity index (χ0) is 19.7. The van der Waals surface area contributed by atoms with Crippen LogP contribution < -0.4 is 22.1 Å². The first-order valence-electron chi connectivity index (χ1n) is 8.38. The topological polar surface area (TPSA) is 165 Å². The van der Waals surface area contributed by atoms with E-state index >= 15 is 0 Å². The third-order valence-corrected chi connectivity index (χ3v) is 4.11. The molecule has 4 atom stereocenters. The molecule has 0 heterocycles. The van der Waals surface area contributed by atoms with Crippen molar-refractivity contribution < 1.29 is 24.3 Å². The number of nitrogens with two attached hydrogens (primary N) is 2. The van der Waals surface area contributed by atoms with Gasteiger partial charge >= 0.3 is 5.97 Å². The Labute approximate surface area is 147 Å². The van der Waals surface area contributed by atoms with Crippen molar-refractivity contribution in [3.63, 3.8) is 0 Å². The molecule has 0 radical (unpaired) electrons. The Hall–Kier alpha value is -2.16. The number of nitrogens with one attached hydrogen (secondary N) is 2. The summed E-state index contributed by atoms with van der Waals surface area (Å²) in [6.07, 6.45) is 0.299. The van der Waals surface area contributed by atoms with Crippen LogP contribution in [0.1, 0.15) is 47.0 Å². The molecule has 0 spiro atoms. The van der Waals surface area contributed by atoms with Gasteiger partial charge in [-0.25, -0.2) is 4.79 Å². The molecule has 9 heteroatoms. The summed E-state index contributed by atoms with van der Waals surface area (Å²) in [5.41, 5.74) is 10.8. The van der Waals surface area contributed by atoms with Crippen molar-refractivity contribution in [1.82, 2.24) is 10.6 Å². The number of aliphatic carboxylic acids is 1. The van der Waals surface area contributed by atoms with Gasteiger partial charge in [0.2, 0.25) is 17.7 Å². The van der Waals surface area contributed by atoms with E-state index in [2.05, 4.69) is 10.6 Å². The quantitative estimate of drug-likeness (QED) is 0.329. The smallest absolute Gasteiger partial charge is 0.326 e. The molecule has 0 bridgehead atoms. The number of carbonyl (C=O) groups excluding carboxylic acids is 3. The van der Waals surface area contributed by atoms with Gasteiger partial charge in [0.1, 0.15) is 12.1 Å². The third-order valence-electron chi connectivity index (χ3n) is 4.11. The average Bonchev–Trinajstić information content (AvgIpc) is 2.53. The standard InChI is InChI=1S/C16H30N4O5/c1-5-9(4)13(20-14(22)12(18)8(2)3)15(23)19-10(16(24)25)6-7-11(17)21/h8-10,12-13H,5-7,18H2,1-4H3,(H2,17,21)(H,19,23)(H,20,22)(H,24,25)/t9-,10-,12-,13-/m0/s1. The monoisotopic (exact) mass is 358 g/mol. The van der Waals surface area contributed by atoms with Crippen molar-refractivity contribution in [3.05, 3.63) is 0 Å². The minimum Gasteiger partial charge on any atom is -0.480 e. The molecule has 0 saturated heterocycles. The SMILES string of the molecule is CC[C@H](C)[C@H](NC(=O)[C@@H](N)C(C)C)C(=O)N[C@@H](CCC(N)=O)C(=O)O. The maximum absolute atomic E-state index is 12.5. The average molecular weight is 358 g/mol. The van der Waals surface area contributed by atoms with E-state index in [4.69, 9.17) is 11.5 Å². The van der Waals surface area contributed by atoms with Crippen molar-refractivity contribution in [1.29, 1.82) is 0 Å². The van der Waals surface area contributed by atoms with E-state index < -0.39 is 41.8 Å². The first-order valence-corrected chi connectivity index (χ1v) is 8.38. The maximum Gasteiger partial charge on any atom is 0.326 e. The van der Waals surface area contributed by atoms with Gasteiger partial charge in [0, 0.05) is 6.42 Å². The van der Waals surface area contributed by atoms with Gasteiger partial charge in [0.25, 0.3) is 0 Å². The van der Waals surface area contributed by atoms with Crippen LogP contribution in [-0.4, -0.2) is 46.9 Å². The van der Waals surface area contributed by atoms with Gasteiger partial charge in [0.15, 0.2) is 0 Å². The molecular weight excluding hydrogens is 328 g/mol. The number of hydrogen-bond acceptors (Lipinski definition) is 5. The number of primary amides is 1. The van der Waals surface area contributed by atoms with Gasteiger partial charge in [-0.15, -0.1) is 0 Å². The number of amides is 3. The van der Waals surface area contributed by atoms with Crippen LogP contribution in [0.5, 0.6) is 0 Å². The van der Waals surface area contributed by atoms with Crippen LogP contribution in [-0.2, 0) is 19.2 Å². The maximum atomic E-state index is 12.5. The van der Waals surface area contributed by atoms with Crippen molar-refractivity contribution >= 4 is 23.7 Å². The van der Waals surface area contributed by atoms with Crippen molar-refractivity contribution in [2.45, 2.75) is 65.1 Å². The summed E-state index contributed by atoms with van der Waals surface area (Å²) >= 11 is 0. The van der Waals surface area contributed by atoms with Crippen LogP contribution in [0, 0.1) is 11.8 Å². The van der Waals surface area contributed by atoms with Crippen LogP contribution in [0.15, 0.2) is 0 Å². The van der Waals surface area contributed by atoms with Gasteiger partial charge in [-0.05, 0) is 18.3 Å². The highest BCUT2D eigenvalue weighted by Crippen LogP contribution is 2.10. The van der Waals surface area contributed by atoms with Gasteiger partial charge in [-0.3, -0.25) is 14.4 Å². The Bertz CT molecular complexity index is 495. The molecule has 0 aliphatic heterocycles. The predicted octanol–water partition coefficient (Wildman–Crippen LogP) is -0.664. The van der Waals surface area contributed by atoms with E-state index in [0.29, 0.717) is 6.42 Å². The molecule has 0 aromatic heterocycles. The minimum atomic E-state index is -1.28. The summed E-state index contributed by atoms with van der Waals surface area (Å²) in [4.78, 5) is 46.7. The number of rotatable bonds is 11. The second-order valence-corrected chi connectivity index (χ2v) is 6.55. The lowest BCUT2D eigenvalue weighted by Crippen LogP contribution is -2.57. The van der Waals surface area contributed by atoms with Crippen LogP contribution >= 0.6 is 0 Å². The number of carboxylic acid groups (broad SMARTS) is 1. The molecule has 0 unspecified atom stereocenters. The predicted molar refractivity (Wildman–Crippen MR) is 92.2 cm³/mol. The highest BCUT2D eigenvalue weighted by atomic mass is 16.4. The van der Waals surface area contributed by atoms with Crippen LogP contribution in [0.2, 0.25) is 0 Å². The van der Waals surface area contributed by atoms with Crippen molar-refractivity contribution in [3.8, 4) is 0 Å². The molecule has 0 aliphatic rings. The van der Waals surface area contributed by atoms with Gasteiger partial charge in [-0.1, -0.05) is 34.1 Å². The molecule has 0 fully saturated rings. The molecule has 9 nitrogen and oxygen atoms in total. The molecule has 0 rings (SSSR count). The van der Waals surface area contributed by atoms with Crippen LogP contribution in [0.25, 0.3) is 0 Å². The Morgan fingerprint density at radius 2 is 1.60 bits per heavy atom. The van der Waals surface area contributed by atoms with Gasteiger partial charge < -0.3 is 27.2 Å². The fourth-order valence-corrected chi connectivity index (χ4v) is 2.06. The largest absolute Gasteiger partial charge is 0.480 e. The number of carbonyl (C=O) groups is 4. The molecule has 0 aromatic rings. The lowest BCUT2D eigenvalue weighted by Gasteiger charge is -2.27. The second-order valence-electron chi connectivity index (χ2n) is 6.55. The Morgan fingerprint density at radius 1 is 1.04 bits per heavy atom. The van der Waals surface area contributed by atoms with Crippen LogP contribution in [0.4, 0.5) is 0 Å². The summed E-state index contributed by atoms with van der Waals surface area (Å²) in [7, 11) is 0. The molecule has 0 saturated carbocycles. The minimum absolute atomic E-state index is 0.108. The fraction of sp³-hybridized carbons (Fsp3) is 0.750. The van der Waals surface area contributed by atoms with E-state index in [-0.39, 0.29) is 24.7 Å². The summed E-state index contributed by atoms with van der Waals surface area (Å²) < 4.78 is 0. The van der Waals surface area contributed by atoms with E-state index in [1.54, 1.807) is 20.8 Å². The molecule has 25 heavy (non-hydrogen) atoms. The highest BCUT2D eigenvalue weighted by Gasteiger charge is 2.31. The summed E-state index contributed by atoms with van der Waals surface area (Å²) in [6, 6.07) is -2.95. The third kappa shape index (κ3) is 7.97. The Kier molecular flexibility index (Phi) is 9.73. The molecule has 7 N–H and O–H groups in total. The zero-order valence-corrected chi connectivity index (χ0v) is 15.2. The molecule has 144 valence electrons. The molecule has 3 amide bonds. The van der Waals surface area contributed by atoms with Gasteiger partial charge in [0.05, 0.1) is 6.04 Å². The fourth-order valence-electron chi connectivity index (χ4n) is 2.06. The Balaban J connectivity index is 5.12. The lowest BCUT2D eigenvalue weighted by atomic mass is 9.96.